The molecule has 1 aromatic carbocycles. The van der Waals surface area contributed by atoms with Gasteiger partial charge in [0.25, 0.3) is 5.91 Å². The average molecular weight is 258 g/mol. The summed E-state index contributed by atoms with van der Waals surface area (Å²) in [4.78, 5) is 13.8. The van der Waals surface area contributed by atoms with Crippen LogP contribution in [0.1, 0.15) is 23.2 Å². The Morgan fingerprint density at radius 3 is 2.76 bits per heavy atom. The molecular weight excluding hydrogens is 245 g/mol. The highest BCUT2D eigenvalue weighted by Crippen LogP contribution is 2.30. The highest BCUT2D eigenvalue weighted by molar-refractivity contribution is 6.18. The van der Waals surface area contributed by atoms with E-state index in [2.05, 4.69) is 0 Å². The van der Waals surface area contributed by atoms with Crippen LogP contribution in [-0.4, -0.2) is 34.4 Å². The zero-order valence-corrected chi connectivity index (χ0v) is 9.95. The van der Waals surface area contributed by atoms with Crippen molar-refractivity contribution in [3.8, 4) is 5.75 Å². The van der Waals surface area contributed by atoms with Gasteiger partial charge in [-0.1, -0.05) is 0 Å². The Balaban J connectivity index is 2.22. The van der Waals surface area contributed by atoms with Crippen molar-refractivity contribution in [2.75, 3.05) is 12.4 Å². The molecule has 0 heterocycles. The number of nitrogens with zero attached hydrogens (tertiary/aromatic N) is 1. The topological polar surface area (TPSA) is 40.5 Å². The van der Waals surface area contributed by atoms with Crippen LogP contribution >= 0.6 is 11.6 Å². The molecule has 0 atom stereocenters. The number of phenolic OH excluding ortho intramolecular Hbond substituents is 1. The third-order valence-corrected chi connectivity index (χ3v) is 2.93. The van der Waals surface area contributed by atoms with Crippen molar-refractivity contribution in [1.82, 2.24) is 4.90 Å². The Labute approximate surface area is 104 Å². The number of amides is 1. The van der Waals surface area contributed by atoms with Crippen LogP contribution in [0.4, 0.5) is 4.39 Å². The molecule has 92 valence electrons. The Morgan fingerprint density at radius 1 is 1.53 bits per heavy atom. The SMILES string of the molecule is O=C(c1ccc(F)cc1O)N(CCCl)C1CC1. The summed E-state index contributed by atoms with van der Waals surface area (Å²) >= 11 is 5.65. The van der Waals surface area contributed by atoms with Gasteiger partial charge in [-0.05, 0) is 25.0 Å². The number of hydrogen-bond donors (Lipinski definition) is 1. The van der Waals surface area contributed by atoms with Crippen molar-refractivity contribution in [3.05, 3.63) is 29.6 Å². The molecule has 1 saturated carbocycles. The van der Waals surface area contributed by atoms with Gasteiger partial charge in [-0.3, -0.25) is 4.79 Å². The highest BCUT2D eigenvalue weighted by atomic mass is 35.5. The van der Waals surface area contributed by atoms with Gasteiger partial charge in [0, 0.05) is 24.5 Å². The first-order valence-electron chi connectivity index (χ1n) is 5.49. The predicted molar refractivity (Wildman–Crippen MR) is 62.8 cm³/mol. The maximum atomic E-state index is 12.8. The first-order valence-corrected chi connectivity index (χ1v) is 6.02. The summed E-state index contributed by atoms with van der Waals surface area (Å²) in [6.45, 7) is 0.446. The van der Waals surface area contributed by atoms with Gasteiger partial charge in [0.05, 0.1) is 5.56 Å². The molecular formula is C12H13ClFNO2. The average Bonchev–Trinajstić information content (AvgIpc) is 3.09. The number of alkyl halides is 1. The van der Waals surface area contributed by atoms with E-state index in [1.807, 2.05) is 0 Å². The van der Waals surface area contributed by atoms with Crippen LogP contribution < -0.4 is 0 Å². The standard InChI is InChI=1S/C12H13ClFNO2/c13-5-6-15(9-2-3-9)12(17)10-4-1-8(14)7-11(10)16/h1,4,7,9,16H,2-3,5-6H2. The van der Waals surface area contributed by atoms with E-state index in [9.17, 15) is 14.3 Å². The maximum Gasteiger partial charge on any atom is 0.257 e. The number of benzene rings is 1. The van der Waals surface area contributed by atoms with Crippen LogP contribution in [-0.2, 0) is 0 Å². The molecule has 1 aliphatic rings. The summed E-state index contributed by atoms with van der Waals surface area (Å²) in [5.74, 6) is -0.820. The lowest BCUT2D eigenvalue weighted by atomic mass is 10.1. The molecule has 0 radical (unpaired) electrons. The molecule has 5 heteroatoms. The fourth-order valence-corrected chi connectivity index (χ4v) is 1.95. The minimum atomic E-state index is -0.561. The summed E-state index contributed by atoms with van der Waals surface area (Å²) in [6, 6.07) is 3.62. The molecule has 0 saturated heterocycles. The lowest BCUT2D eigenvalue weighted by Crippen LogP contribution is -2.34. The lowest BCUT2D eigenvalue weighted by molar-refractivity contribution is 0.0750. The molecule has 2 rings (SSSR count). The van der Waals surface area contributed by atoms with E-state index in [0.29, 0.717) is 12.4 Å². The first kappa shape index (κ1) is 12.2. The number of rotatable bonds is 4. The number of halogens is 2. The minimum Gasteiger partial charge on any atom is -0.507 e. The van der Waals surface area contributed by atoms with E-state index >= 15 is 0 Å². The molecule has 0 aromatic heterocycles. The van der Waals surface area contributed by atoms with Crippen molar-refractivity contribution in [3.63, 3.8) is 0 Å². The van der Waals surface area contributed by atoms with Gasteiger partial charge >= 0.3 is 0 Å². The normalized spacial score (nSPS) is 14.7. The Bertz CT molecular complexity index is 435. The molecule has 1 fully saturated rings. The number of carbonyl (C=O) groups is 1. The summed E-state index contributed by atoms with van der Waals surface area (Å²) in [6.07, 6.45) is 1.93. The zero-order valence-electron chi connectivity index (χ0n) is 9.20. The van der Waals surface area contributed by atoms with Gasteiger partial charge < -0.3 is 10.0 Å². The van der Waals surface area contributed by atoms with E-state index in [1.54, 1.807) is 4.90 Å². The first-order chi connectivity index (χ1) is 8.13. The fourth-order valence-electron chi connectivity index (χ4n) is 1.77. The van der Waals surface area contributed by atoms with Crippen molar-refractivity contribution < 1.29 is 14.3 Å². The van der Waals surface area contributed by atoms with Gasteiger partial charge in [-0.25, -0.2) is 4.39 Å². The van der Waals surface area contributed by atoms with Crippen LogP contribution in [0.3, 0.4) is 0 Å². The van der Waals surface area contributed by atoms with Crippen LogP contribution in [0.5, 0.6) is 5.75 Å². The second-order valence-corrected chi connectivity index (χ2v) is 4.46. The summed E-state index contributed by atoms with van der Waals surface area (Å²) in [7, 11) is 0. The van der Waals surface area contributed by atoms with Gasteiger partial charge in [-0.15, -0.1) is 11.6 Å². The van der Waals surface area contributed by atoms with Crippen molar-refractivity contribution in [1.29, 1.82) is 0 Å². The van der Waals surface area contributed by atoms with E-state index in [-0.39, 0.29) is 23.3 Å². The molecule has 1 N–H and O–H groups in total. The molecule has 0 spiro atoms. The van der Waals surface area contributed by atoms with E-state index in [4.69, 9.17) is 11.6 Å². The minimum absolute atomic E-state index is 0.128. The molecule has 17 heavy (non-hydrogen) atoms. The van der Waals surface area contributed by atoms with Crippen LogP contribution in [0.25, 0.3) is 0 Å². The largest absolute Gasteiger partial charge is 0.507 e. The molecule has 0 unspecified atom stereocenters. The molecule has 0 bridgehead atoms. The van der Waals surface area contributed by atoms with E-state index < -0.39 is 5.82 Å². The molecule has 1 aliphatic carbocycles. The summed E-state index contributed by atoms with van der Waals surface area (Å²) in [5, 5.41) is 9.56. The van der Waals surface area contributed by atoms with Crippen molar-refractivity contribution in [2.24, 2.45) is 0 Å². The van der Waals surface area contributed by atoms with Crippen LogP contribution in [0.2, 0.25) is 0 Å². The summed E-state index contributed by atoms with van der Waals surface area (Å²) in [5.41, 5.74) is 0.128. The maximum absolute atomic E-state index is 12.8. The highest BCUT2D eigenvalue weighted by Gasteiger charge is 2.33. The third kappa shape index (κ3) is 2.69. The molecule has 1 amide bonds. The molecule has 3 nitrogen and oxygen atoms in total. The molecule has 0 aliphatic heterocycles. The monoisotopic (exact) mass is 257 g/mol. The fraction of sp³-hybridized carbons (Fsp3) is 0.417. The number of hydrogen-bond acceptors (Lipinski definition) is 2. The Kier molecular flexibility index (Phi) is 3.52. The second kappa shape index (κ2) is 4.92. The van der Waals surface area contributed by atoms with Gasteiger partial charge in [0.15, 0.2) is 0 Å². The Hall–Kier alpha value is -1.29. The lowest BCUT2D eigenvalue weighted by Gasteiger charge is -2.21. The van der Waals surface area contributed by atoms with E-state index in [1.165, 1.54) is 12.1 Å². The van der Waals surface area contributed by atoms with Crippen molar-refractivity contribution in [2.45, 2.75) is 18.9 Å². The van der Waals surface area contributed by atoms with Gasteiger partial charge in [-0.2, -0.15) is 0 Å². The smallest absolute Gasteiger partial charge is 0.257 e. The number of aromatic hydroxyl groups is 1. The molecule has 1 aromatic rings. The van der Waals surface area contributed by atoms with Crippen LogP contribution in [0.15, 0.2) is 18.2 Å². The Morgan fingerprint density at radius 2 is 2.24 bits per heavy atom. The van der Waals surface area contributed by atoms with E-state index in [0.717, 1.165) is 18.9 Å². The third-order valence-electron chi connectivity index (χ3n) is 2.76. The van der Waals surface area contributed by atoms with Crippen LogP contribution in [0, 0.1) is 5.82 Å². The number of carbonyl (C=O) groups excluding carboxylic acids is 1. The number of phenols is 1. The predicted octanol–water partition coefficient (Wildman–Crippen LogP) is 2.37. The quantitative estimate of drug-likeness (QED) is 0.842. The second-order valence-electron chi connectivity index (χ2n) is 4.08. The van der Waals surface area contributed by atoms with Gasteiger partial charge in [0.2, 0.25) is 0 Å². The van der Waals surface area contributed by atoms with Gasteiger partial charge in [0.1, 0.15) is 11.6 Å². The van der Waals surface area contributed by atoms with Crippen molar-refractivity contribution >= 4 is 17.5 Å². The summed E-state index contributed by atoms with van der Waals surface area (Å²) < 4.78 is 12.8. The zero-order chi connectivity index (χ0) is 12.4.